The summed E-state index contributed by atoms with van der Waals surface area (Å²) < 4.78 is 0. The van der Waals surface area contributed by atoms with Gasteiger partial charge in [-0.2, -0.15) is 11.8 Å². The van der Waals surface area contributed by atoms with Crippen molar-refractivity contribution in [2.45, 2.75) is 37.9 Å². The molecule has 6 heteroatoms. The summed E-state index contributed by atoms with van der Waals surface area (Å²) >= 11 is 1.94. The number of piperidine rings is 1. The number of urea groups is 1. The van der Waals surface area contributed by atoms with Crippen molar-refractivity contribution < 1.29 is 4.79 Å². The summed E-state index contributed by atoms with van der Waals surface area (Å²) in [5.74, 6) is 2.25. The number of nitrogens with one attached hydrogen (secondary N) is 1. The molecular formula is C17H26N4OS. The first-order chi connectivity index (χ1) is 11.2. The fourth-order valence-electron chi connectivity index (χ4n) is 3.25. The van der Waals surface area contributed by atoms with Gasteiger partial charge in [-0.25, -0.2) is 4.79 Å². The first kappa shape index (κ1) is 16.6. The van der Waals surface area contributed by atoms with Gasteiger partial charge in [0, 0.05) is 56.9 Å². The number of hydrogen-bond donors (Lipinski definition) is 1. The van der Waals surface area contributed by atoms with Crippen molar-refractivity contribution in [1.29, 1.82) is 0 Å². The number of carbonyl (C=O) groups excluding carboxylic acids is 1. The van der Waals surface area contributed by atoms with Crippen LogP contribution < -0.4 is 5.32 Å². The van der Waals surface area contributed by atoms with Gasteiger partial charge < -0.3 is 10.2 Å². The second-order valence-corrected chi connectivity index (χ2v) is 7.63. The Balaban J connectivity index is 1.41. The van der Waals surface area contributed by atoms with E-state index >= 15 is 0 Å². The molecule has 2 amide bonds. The number of rotatable bonds is 4. The molecule has 5 nitrogen and oxygen atoms in total. The Morgan fingerprint density at radius 1 is 1.35 bits per heavy atom. The molecule has 2 saturated heterocycles. The quantitative estimate of drug-likeness (QED) is 0.917. The van der Waals surface area contributed by atoms with Crippen molar-refractivity contribution in [2.24, 2.45) is 0 Å². The first-order valence-corrected chi connectivity index (χ1v) is 9.60. The summed E-state index contributed by atoms with van der Waals surface area (Å²) in [7, 11) is 1.93. The number of carbonyl (C=O) groups is 1. The van der Waals surface area contributed by atoms with Crippen molar-refractivity contribution in [2.75, 3.05) is 31.6 Å². The third kappa shape index (κ3) is 4.61. The van der Waals surface area contributed by atoms with Crippen LogP contribution in [0.4, 0.5) is 4.79 Å². The molecule has 1 N–H and O–H groups in total. The zero-order valence-corrected chi connectivity index (χ0v) is 14.6. The van der Waals surface area contributed by atoms with E-state index in [-0.39, 0.29) is 6.03 Å². The average Bonchev–Trinajstić information content (AvgIpc) is 3.11. The van der Waals surface area contributed by atoms with Crippen molar-refractivity contribution in [3.05, 3.63) is 30.1 Å². The largest absolute Gasteiger partial charge is 0.335 e. The molecule has 0 aromatic carbocycles. The van der Waals surface area contributed by atoms with E-state index in [0.717, 1.165) is 44.6 Å². The fourth-order valence-corrected chi connectivity index (χ4v) is 4.52. The van der Waals surface area contributed by atoms with Crippen LogP contribution >= 0.6 is 11.8 Å². The number of thioether (sulfide) groups is 1. The molecule has 1 atom stereocenters. The van der Waals surface area contributed by atoms with Crippen LogP contribution in [0, 0.1) is 0 Å². The molecule has 2 aliphatic heterocycles. The van der Waals surface area contributed by atoms with Gasteiger partial charge >= 0.3 is 6.03 Å². The zero-order valence-electron chi connectivity index (χ0n) is 13.8. The smallest absolute Gasteiger partial charge is 0.317 e. The summed E-state index contributed by atoms with van der Waals surface area (Å²) in [6.45, 7) is 3.05. The molecule has 0 saturated carbocycles. The van der Waals surface area contributed by atoms with Crippen LogP contribution in [-0.4, -0.2) is 64.5 Å². The van der Waals surface area contributed by atoms with Gasteiger partial charge in [-0.3, -0.25) is 9.88 Å². The number of amides is 2. The normalized spacial score (nSPS) is 22.9. The van der Waals surface area contributed by atoms with E-state index in [0.29, 0.717) is 12.1 Å². The molecule has 23 heavy (non-hydrogen) atoms. The summed E-state index contributed by atoms with van der Waals surface area (Å²) in [5, 5.41) is 3.22. The van der Waals surface area contributed by atoms with Crippen molar-refractivity contribution in [3.63, 3.8) is 0 Å². The lowest BCUT2D eigenvalue weighted by Crippen LogP contribution is -2.50. The Bertz CT molecular complexity index is 499. The Hall–Kier alpha value is -1.27. The first-order valence-electron chi connectivity index (χ1n) is 8.44. The molecule has 2 aliphatic rings. The van der Waals surface area contributed by atoms with Crippen LogP contribution in [0.5, 0.6) is 0 Å². The summed E-state index contributed by atoms with van der Waals surface area (Å²) in [6, 6.07) is 4.97. The minimum absolute atomic E-state index is 0.102. The maximum Gasteiger partial charge on any atom is 0.317 e. The lowest BCUT2D eigenvalue weighted by Gasteiger charge is -2.34. The molecule has 3 heterocycles. The molecule has 3 rings (SSSR count). The van der Waals surface area contributed by atoms with Crippen LogP contribution in [0.25, 0.3) is 0 Å². The van der Waals surface area contributed by atoms with Crippen molar-refractivity contribution in [3.8, 4) is 0 Å². The van der Waals surface area contributed by atoms with E-state index in [1.54, 1.807) is 0 Å². The van der Waals surface area contributed by atoms with Gasteiger partial charge in [0.25, 0.3) is 0 Å². The van der Waals surface area contributed by atoms with Crippen LogP contribution in [-0.2, 0) is 6.54 Å². The Morgan fingerprint density at radius 3 is 2.74 bits per heavy atom. The summed E-state index contributed by atoms with van der Waals surface area (Å²) in [4.78, 5) is 20.8. The van der Waals surface area contributed by atoms with Crippen LogP contribution in [0.15, 0.2) is 24.5 Å². The maximum absolute atomic E-state index is 12.4. The molecule has 1 aromatic rings. The molecule has 0 spiro atoms. The highest BCUT2D eigenvalue weighted by Crippen LogP contribution is 2.21. The molecule has 0 bridgehead atoms. The second-order valence-electron chi connectivity index (χ2n) is 6.48. The summed E-state index contributed by atoms with van der Waals surface area (Å²) in [5.41, 5.74) is 1.31. The van der Waals surface area contributed by atoms with E-state index < -0.39 is 0 Å². The average molecular weight is 334 g/mol. The predicted octanol–water partition coefficient (Wildman–Crippen LogP) is 2.19. The fraction of sp³-hybridized carbons (Fsp3) is 0.647. The lowest BCUT2D eigenvalue weighted by molar-refractivity contribution is 0.167. The second kappa shape index (κ2) is 8.02. The van der Waals surface area contributed by atoms with Crippen LogP contribution in [0.3, 0.4) is 0 Å². The maximum atomic E-state index is 12.4. The number of nitrogens with zero attached hydrogens (tertiary/aromatic N) is 3. The lowest BCUT2D eigenvalue weighted by atomic mass is 10.0. The molecule has 2 fully saturated rings. The monoisotopic (exact) mass is 334 g/mol. The number of pyridine rings is 1. The van der Waals surface area contributed by atoms with E-state index in [1.165, 1.54) is 11.3 Å². The van der Waals surface area contributed by atoms with Crippen molar-refractivity contribution >= 4 is 17.8 Å². The number of hydrogen-bond acceptors (Lipinski definition) is 4. The Morgan fingerprint density at radius 2 is 2.09 bits per heavy atom. The predicted molar refractivity (Wildman–Crippen MR) is 94.6 cm³/mol. The van der Waals surface area contributed by atoms with E-state index in [2.05, 4.69) is 27.3 Å². The zero-order chi connectivity index (χ0) is 16.1. The SMILES string of the molecule is CN(C(=O)NC1CCN(Cc2ccncc2)CC1)C1CCSC1. The van der Waals surface area contributed by atoms with Gasteiger partial charge in [-0.05, 0) is 42.7 Å². The van der Waals surface area contributed by atoms with Crippen LogP contribution in [0.1, 0.15) is 24.8 Å². The topological polar surface area (TPSA) is 48.5 Å². The number of likely N-dealkylation sites (tertiary alicyclic amines) is 1. The van der Waals surface area contributed by atoms with E-state index in [4.69, 9.17) is 0 Å². The third-order valence-electron chi connectivity index (χ3n) is 4.84. The molecule has 1 unspecified atom stereocenters. The van der Waals surface area contributed by atoms with Gasteiger partial charge in [0.05, 0.1) is 0 Å². The summed E-state index contributed by atoms with van der Waals surface area (Å²) in [6.07, 6.45) is 6.88. The Kier molecular flexibility index (Phi) is 5.78. The van der Waals surface area contributed by atoms with Crippen LogP contribution in [0.2, 0.25) is 0 Å². The molecule has 0 aliphatic carbocycles. The van der Waals surface area contributed by atoms with Gasteiger partial charge in [-0.1, -0.05) is 0 Å². The van der Waals surface area contributed by atoms with E-state index in [9.17, 15) is 4.79 Å². The molecular weight excluding hydrogens is 308 g/mol. The van der Waals surface area contributed by atoms with Gasteiger partial charge in [-0.15, -0.1) is 0 Å². The Labute approximate surface area is 142 Å². The highest BCUT2D eigenvalue weighted by Gasteiger charge is 2.26. The minimum Gasteiger partial charge on any atom is -0.335 e. The molecule has 1 aromatic heterocycles. The highest BCUT2D eigenvalue weighted by molar-refractivity contribution is 7.99. The number of aromatic nitrogens is 1. The highest BCUT2D eigenvalue weighted by atomic mass is 32.2. The minimum atomic E-state index is 0.102. The molecule has 126 valence electrons. The van der Waals surface area contributed by atoms with Gasteiger partial charge in [0.2, 0.25) is 0 Å². The van der Waals surface area contributed by atoms with Crippen molar-refractivity contribution in [1.82, 2.24) is 20.1 Å². The van der Waals surface area contributed by atoms with Gasteiger partial charge in [0.1, 0.15) is 0 Å². The third-order valence-corrected chi connectivity index (χ3v) is 5.99. The molecule has 0 radical (unpaired) electrons. The standard InChI is InChI=1S/C17H26N4OS/c1-20(16-6-11-23-13-16)17(22)19-15-4-9-21(10-5-15)12-14-2-7-18-8-3-14/h2-3,7-8,15-16H,4-6,9-13H2,1H3,(H,19,22). The van der Waals surface area contributed by atoms with Gasteiger partial charge in [0.15, 0.2) is 0 Å². The van der Waals surface area contributed by atoms with E-state index in [1.807, 2.05) is 36.1 Å².